The Bertz CT molecular complexity index is 546. The van der Waals surface area contributed by atoms with Crippen LogP contribution in [0.3, 0.4) is 0 Å². The fourth-order valence-corrected chi connectivity index (χ4v) is 3.28. The molecule has 1 aromatic heterocycles. The molecule has 2 aliphatic rings. The maximum Gasteiger partial charge on any atom is 0.220 e. The lowest BCUT2D eigenvalue weighted by Gasteiger charge is -2.26. The number of nitrogens with zero attached hydrogens (tertiary/aromatic N) is 3. The third-order valence-electron chi connectivity index (χ3n) is 4.42. The number of carbonyl (C=O) groups excluding carboxylic acids is 1. The molecule has 0 spiro atoms. The highest BCUT2D eigenvalue weighted by Crippen LogP contribution is 2.22. The lowest BCUT2D eigenvalue weighted by Crippen LogP contribution is -2.41. The van der Waals surface area contributed by atoms with Gasteiger partial charge in [0.2, 0.25) is 5.91 Å². The molecule has 3 rings (SSSR count). The smallest absolute Gasteiger partial charge is 0.220 e. The molecule has 1 aromatic rings. The number of aromatic nitrogens is 3. The van der Waals surface area contributed by atoms with Gasteiger partial charge in [-0.1, -0.05) is 26.0 Å². The second kappa shape index (κ2) is 6.00. The van der Waals surface area contributed by atoms with Crippen molar-refractivity contribution in [1.29, 1.82) is 0 Å². The molecule has 1 amide bonds. The average Bonchev–Trinajstić information content (AvgIpc) is 3.06. The number of fused-ring (bicyclic) bond motifs is 1. The van der Waals surface area contributed by atoms with Crippen molar-refractivity contribution in [3.8, 4) is 0 Å². The molecule has 1 N–H and O–H groups in total. The largest absolute Gasteiger partial charge is 0.352 e. The minimum atomic E-state index is 0.180. The van der Waals surface area contributed by atoms with Crippen molar-refractivity contribution < 1.29 is 4.79 Å². The molecule has 0 saturated heterocycles. The second-order valence-electron chi connectivity index (χ2n) is 6.51. The highest BCUT2D eigenvalue weighted by Gasteiger charge is 2.25. The summed E-state index contributed by atoms with van der Waals surface area (Å²) in [6, 6.07) is 0.212. The van der Waals surface area contributed by atoms with E-state index in [9.17, 15) is 4.79 Å². The Morgan fingerprint density at radius 1 is 1.43 bits per heavy atom. The first-order valence-electron chi connectivity index (χ1n) is 8.01. The number of nitrogens with one attached hydrogen (secondary N) is 1. The van der Waals surface area contributed by atoms with E-state index < -0.39 is 0 Å². The summed E-state index contributed by atoms with van der Waals surface area (Å²) in [6.45, 7) is 5.07. The van der Waals surface area contributed by atoms with Crippen LogP contribution in [0.5, 0.6) is 0 Å². The third kappa shape index (κ3) is 3.17. The molecule has 2 atom stereocenters. The van der Waals surface area contributed by atoms with Gasteiger partial charge in [0.1, 0.15) is 11.6 Å². The Hall–Kier alpha value is -1.65. The Morgan fingerprint density at radius 2 is 2.29 bits per heavy atom. The zero-order valence-electron chi connectivity index (χ0n) is 12.9. The summed E-state index contributed by atoms with van der Waals surface area (Å²) in [7, 11) is 0. The summed E-state index contributed by atoms with van der Waals surface area (Å²) in [6.07, 6.45) is 9.07. The van der Waals surface area contributed by atoms with E-state index in [4.69, 9.17) is 0 Å². The third-order valence-corrected chi connectivity index (χ3v) is 4.42. The van der Waals surface area contributed by atoms with Crippen LogP contribution >= 0.6 is 0 Å². The molecular formula is C16H24N4O. The van der Waals surface area contributed by atoms with Crippen LogP contribution < -0.4 is 5.32 Å². The summed E-state index contributed by atoms with van der Waals surface area (Å²) in [4.78, 5) is 12.2. The van der Waals surface area contributed by atoms with Crippen LogP contribution in [0.25, 0.3) is 0 Å². The first kappa shape index (κ1) is 14.3. The summed E-state index contributed by atoms with van der Waals surface area (Å²) < 4.78 is 2.19. The van der Waals surface area contributed by atoms with Gasteiger partial charge in [-0.15, -0.1) is 10.2 Å². The summed E-state index contributed by atoms with van der Waals surface area (Å²) >= 11 is 0. The van der Waals surface area contributed by atoms with Gasteiger partial charge in [0.15, 0.2) is 0 Å². The average molecular weight is 288 g/mol. The number of allylic oxidation sites excluding steroid dienone is 2. The van der Waals surface area contributed by atoms with E-state index in [0.29, 0.717) is 18.3 Å². The quantitative estimate of drug-likeness (QED) is 0.864. The topological polar surface area (TPSA) is 59.8 Å². The van der Waals surface area contributed by atoms with Crippen molar-refractivity contribution in [2.24, 2.45) is 5.92 Å². The molecule has 5 nitrogen and oxygen atoms in total. The molecule has 0 fully saturated rings. The predicted octanol–water partition coefficient (Wildman–Crippen LogP) is 2.19. The van der Waals surface area contributed by atoms with E-state index in [-0.39, 0.29) is 11.9 Å². The molecule has 1 aliphatic carbocycles. The van der Waals surface area contributed by atoms with E-state index >= 15 is 0 Å². The molecule has 114 valence electrons. The van der Waals surface area contributed by atoms with Crippen LogP contribution in [0.15, 0.2) is 12.2 Å². The van der Waals surface area contributed by atoms with E-state index in [1.165, 1.54) is 0 Å². The molecule has 1 aliphatic heterocycles. The maximum atomic E-state index is 12.2. The van der Waals surface area contributed by atoms with Gasteiger partial charge in [0.25, 0.3) is 0 Å². The molecule has 0 aromatic carbocycles. The van der Waals surface area contributed by atoms with Gasteiger partial charge in [0, 0.05) is 31.3 Å². The number of rotatable bonds is 4. The molecule has 0 bridgehead atoms. The Kier molecular flexibility index (Phi) is 4.08. The fraction of sp³-hybridized carbons (Fsp3) is 0.688. The van der Waals surface area contributed by atoms with Crippen LogP contribution in [-0.2, 0) is 17.8 Å². The first-order chi connectivity index (χ1) is 10.1. The number of amides is 1. The van der Waals surface area contributed by atoms with Crippen molar-refractivity contribution >= 4 is 5.91 Å². The van der Waals surface area contributed by atoms with Crippen LogP contribution in [0.4, 0.5) is 0 Å². The summed E-state index contributed by atoms with van der Waals surface area (Å²) in [5.74, 6) is 3.07. The normalized spacial score (nSPS) is 24.3. The zero-order chi connectivity index (χ0) is 14.8. The van der Waals surface area contributed by atoms with E-state index in [1.807, 2.05) is 0 Å². The zero-order valence-corrected chi connectivity index (χ0v) is 12.9. The van der Waals surface area contributed by atoms with Crippen molar-refractivity contribution in [3.63, 3.8) is 0 Å². The second-order valence-corrected chi connectivity index (χ2v) is 6.51. The first-order valence-corrected chi connectivity index (χ1v) is 8.01. The van der Waals surface area contributed by atoms with E-state index in [0.717, 1.165) is 43.9 Å². The summed E-state index contributed by atoms with van der Waals surface area (Å²) in [5.41, 5.74) is 0. The van der Waals surface area contributed by atoms with Crippen molar-refractivity contribution in [3.05, 3.63) is 23.8 Å². The van der Waals surface area contributed by atoms with Gasteiger partial charge in [-0.25, -0.2) is 0 Å². The lowest BCUT2D eigenvalue weighted by atomic mass is 10.0. The highest BCUT2D eigenvalue weighted by atomic mass is 16.1. The summed E-state index contributed by atoms with van der Waals surface area (Å²) in [5, 5.41) is 11.7. The van der Waals surface area contributed by atoms with Gasteiger partial charge in [-0.2, -0.15) is 0 Å². The van der Waals surface area contributed by atoms with E-state index in [2.05, 4.69) is 46.1 Å². The maximum absolute atomic E-state index is 12.2. The molecule has 0 saturated carbocycles. The standard InChI is InChI=1S/C16H24N4O/c1-11(2)16-19-18-14-8-7-13(10-20(14)16)17-15(21)9-12-5-3-4-6-12/h3,5,11-13H,4,6-10H2,1-2H3,(H,17,21)/t12-,13+/m0/s1. The molecule has 0 unspecified atom stereocenters. The Labute approximate surface area is 125 Å². The molecule has 2 heterocycles. The van der Waals surface area contributed by atoms with Crippen molar-refractivity contribution in [2.75, 3.05) is 0 Å². The van der Waals surface area contributed by atoms with Crippen LogP contribution in [-0.4, -0.2) is 26.7 Å². The van der Waals surface area contributed by atoms with Crippen LogP contribution in [0.1, 0.15) is 57.1 Å². The number of hydrogen-bond acceptors (Lipinski definition) is 3. The SMILES string of the molecule is CC(C)c1nnc2n1C[C@H](NC(=O)C[C@H]1C=CCC1)CC2. The van der Waals surface area contributed by atoms with Gasteiger partial charge < -0.3 is 9.88 Å². The number of hydrogen-bond donors (Lipinski definition) is 1. The Morgan fingerprint density at radius 3 is 3.00 bits per heavy atom. The molecule has 0 radical (unpaired) electrons. The highest BCUT2D eigenvalue weighted by molar-refractivity contribution is 5.76. The molecular weight excluding hydrogens is 264 g/mol. The van der Waals surface area contributed by atoms with Crippen LogP contribution in [0, 0.1) is 5.92 Å². The lowest BCUT2D eigenvalue weighted by molar-refractivity contribution is -0.122. The minimum absolute atomic E-state index is 0.180. The predicted molar refractivity (Wildman–Crippen MR) is 80.8 cm³/mol. The monoisotopic (exact) mass is 288 g/mol. The van der Waals surface area contributed by atoms with Gasteiger partial charge in [-0.05, 0) is 25.2 Å². The molecule has 21 heavy (non-hydrogen) atoms. The fourth-order valence-electron chi connectivity index (χ4n) is 3.28. The number of aryl methyl sites for hydroxylation is 1. The minimum Gasteiger partial charge on any atom is -0.352 e. The van der Waals surface area contributed by atoms with Crippen LogP contribution in [0.2, 0.25) is 0 Å². The van der Waals surface area contributed by atoms with Crippen molar-refractivity contribution in [2.45, 2.75) is 64.5 Å². The number of carbonyl (C=O) groups is 1. The van der Waals surface area contributed by atoms with Gasteiger partial charge in [0.05, 0.1) is 0 Å². The van der Waals surface area contributed by atoms with Gasteiger partial charge >= 0.3 is 0 Å². The van der Waals surface area contributed by atoms with E-state index in [1.54, 1.807) is 0 Å². The Balaban J connectivity index is 1.59. The molecule has 5 heteroatoms. The van der Waals surface area contributed by atoms with Gasteiger partial charge in [-0.3, -0.25) is 4.79 Å². The van der Waals surface area contributed by atoms with Crippen molar-refractivity contribution in [1.82, 2.24) is 20.1 Å².